The van der Waals surface area contributed by atoms with Crippen LogP contribution in [0.3, 0.4) is 0 Å². The summed E-state index contributed by atoms with van der Waals surface area (Å²) < 4.78 is 0. The van der Waals surface area contributed by atoms with Crippen molar-refractivity contribution in [3.05, 3.63) is 42.8 Å². The van der Waals surface area contributed by atoms with Gasteiger partial charge in [0.15, 0.2) is 5.15 Å². The SMILES string of the molecule is Cc1ccc(/C=N\Nc2c(Cl)c(Cl)nc(C(=O)[O-])c2Cl)s1. The summed E-state index contributed by atoms with van der Waals surface area (Å²) in [5, 5.41) is 14.4. The smallest absolute Gasteiger partial charge is 0.150 e. The van der Waals surface area contributed by atoms with Crippen molar-refractivity contribution >= 4 is 64.0 Å². The van der Waals surface area contributed by atoms with Crippen molar-refractivity contribution in [2.24, 2.45) is 5.10 Å². The second kappa shape index (κ2) is 6.62. The lowest BCUT2D eigenvalue weighted by Crippen LogP contribution is -2.24. The van der Waals surface area contributed by atoms with E-state index in [1.807, 2.05) is 19.1 Å². The average molecular weight is 364 g/mol. The van der Waals surface area contributed by atoms with E-state index in [-0.39, 0.29) is 20.9 Å². The highest BCUT2D eigenvalue weighted by atomic mass is 35.5. The Labute approximate surface area is 139 Å². The van der Waals surface area contributed by atoms with Crippen molar-refractivity contribution in [2.75, 3.05) is 5.43 Å². The molecule has 110 valence electrons. The molecule has 0 radical (unpaired) electrons. The van der Waals surface area contributed by atoms with Crippen LogP contribution in [0.4, 0.5) is 5.69 Å². The number of aryl methyl sites for hydroxylation is 1. The highest BCUT2D eigenvalue weighted by Gasteiger charge is 2.16. The first-order chi connectivity index (χ1) is 9.90. The molecule has 0 saturated carbocycles. The van der Waals surface area contributed by atoms with Gasteiger partial charge in [-0.15, -0.1) is 11.3 Å². The van der Waals surface area contributed by atoms with Crippen LogP contribution in [0.2, 0.25) is 15.2 Å². The molecule has 2 aromatic rings. The fraction of sp³-hybridized carbons (Fsp3) is 0.0833. The van der Waals surface area contributed by atoms with Gasteiger partial charge in [0.2, 0.25) is 0 Å². The van der Waals surface area contributed by atoms with Crippen LogP contribution in [-0.4, -0.2) is 17.2 Å². The molecule has 21 heavy (non-hydrogen) atoms. The fourth-order valence-corrected chi connectivity index (χ4v) is 2.84. The lowest BCUT2D eigenvalue weighted by atomic mass is 10.3. The summed E-state index contributed by atoms with van der Waals surface area (Å²) in [6.07, 6.45) is 1.55. The standard InChI is InChI=1S/C12H8Cl3N3O2S/c1-5-2-3-6(21-5)4-16-18-9-7(13)10(12(19)20)17-11(15)8(9)14/h2-4H,1H3,(H,17,18)(H,19,20)/p-1/b16-4-. The summed E-state index contributed by atoms with van der Waals surface area (Å²) in [7, 11) is 0. The first kappa shape index (κ1) is 16.0. The summed E-state index contributed by atoms with van der Waals surface area (Å²) in [5.74, 6) is -1.56. The van der Waals surface area contributed by atoms with Crippen molar-refractivity contribution in [2.45, 2.75) is 6.92 Å². The van der Waals surface area contributed by atoms with Crippen molar-refractivity contribution in [1.82, 2.24) is 4.98 Å². The first-order valence-electron chi connectivity index (χ1n) is 5.51. The molecular formula is C12H7Cl3N3O2S-. The number of anilines is 1. The average Bonchev–Trinajstić information content (AvgIpc) is 2.83. The number of rotatable bonds is 4. The molecule has 0 atom stereocenters. The van der Waals surface area contributed by atoms with Gasteiger partial charge in [0.25, 0.3) is 0 Å². The molecule has 0 unspecified atom stereocenters. The number of aromatic carboxylic acids is 1. The van der Waals surface area contributed by atoms with Crippen LogP contribution in [0.25, 0.3) is 0 Å². The van der Waals surface area contributed by atoms with E-state index in [9.17, 15) is 9.90 Å². The molecule has 0 amide bonds. The largest absolute Gasteiger partial charge is 0.543 e. The van der Waals surface area contributed by atoms with Crippen molar-refractivity contribution < 1.29 is 9.90 Å². The molecule has 0 aliphatic carbocycles. The second-order valence-electron chi connectivity index (χ2n) is 3.86. The zero-order chi connectivity index (χ0) is 15.6. The molecule has 0 saturated heterocycles. The van der Waals surface area contributed by atoms with Crippen LogP contribution in [-0.2, 0) is 0 Å². The van der Waals surface area contributed by atoms with Crippen LogP contribution >= 0.6 is 46.1 Å². The molecule has 2 aromatic heterocycles. The van der Waals surface area contributed by atoms with Crippen LogP contribution < -0.4 is 10.5 Å². The zero-order valence-corrected chi connectivity index (χ0v) is 13.6. The fourth-order valence-electron chi connectivity index (χ4n) is 1.43. The zero-order valence-electron chi connectivity index (χ0n) is 10.5. The number of thiophene rings is 1. The number of pyridine rings is 1. The lowest BCUT2D eigenvalue weighted by molar-refractivity contribution is -0.255. The summed E-state index contributed by atoms with van der Waals surface area (Å²) in [5.41, 5.74) is 2.13. The van der Waals surface area contributed by atoms with Gasteiger partial charge in [0.1, 0.15) is 10.7 Å². The Morgan fingerprint density at radius 2 is 2.10 bits per heavy atom. The van der Waals surface area contributed by atoms with Gasteiger partial charge in [0.05, 0.1) is 22.9 Å². The predicted octanol–water partition coefficient (Wildman–Crippen LogP) is 3.22. The molecule has 1 N–H and O–H groups in total. The molecule has 2 rings (SSSR count). The predicted molar refractivity (Wildman–Crippen MR) is 83.9 cm³/mol. The van der Waals surface area contributed by atoms with Crippen molar-refractivity contribution in [3.8, 4) is 0 Å². The van der Waals surface area contributed by atoms with Gasteiger partial charge < -0.3 is 9.90 Å². The Bertz CT molecular complexity index is 731. The van der Waals surface area contributed by atoms with E-state index in [0.29, 0.717) is 0 Å². The van der Waals surface area contributed by atoms with E-state index in [2.05, 4.69) is 15.5 Å². The van der Waals surface area contributed by atoms with Crippen molar-refractivity contribution in [3.63, 3.8) is 0 Å². The Morgan fingerprint density at radius 1 is 1.38 bits per heavy atom. The van der Waals surface area contributed by atoms with Gasteiger partial charge in [-0.3, -0.25) is 5.43 Å². The molecule has 9 heteroatoms. The molecule has 0 aliphatic rings. The third-order valence-electron chi connectivity index (χ3n) is 2.36. The Morgan fingerprint density at radius 3 is 2.67 bits per heavy atom. The normalized spacial score (nSPS) is 11.0. The number of halogens is 3. The molecule has 0 aromatic carbocycles. The van der Waals surface area contributed by atoms with Crippen LogP contribution in [0.5, 0.6) is 0 Å². The van der Waals surface area contributed by atoms with Gasteiger partial charge in [0, 0.05) is 9.75 Å². The summed E-state index contributed by atoms with van der Waals surface area (Å²) in [6.45, 7) is 1.97. The van der Waals surface area contributed by atoms with E-state index >= 15 is 0 Å². The number of hydrogen-bond donors (Lipinski definition) is 1. The maximum atomic E-state index is 10.9. The Balaban J connectivity index is 2.31. The van der Waals surface area contributed by atoms with Gasteiger partial charge in [-0.1, -0.05) is 34.8 Å². The minimum absolute atomic E-state index is 0.0221. The summed E-state index contributed by atoms with van der Waals surface area (Å²) in [4.78, 5) is 16.5. The summed E-state index contributed by atoms with van der Waals surface area (Å²) in [6, 6.07) is 3.84. The quantitative estimate of drug-likeness (QED) is 0.514. The molecule has 5 nitrogen and oxygen atoms in total. The third kappa shape index (κ3) is 3.65. The highest BCUT2D eigenvalue weighted by Crippen LogP contribution is 2.36. The number of nitrogens with zero attached hydrogens (tertiary/aromatic N) is 2. The van der Waals surface area contributed by atoms with Gasteiger partial charge in [-0.2, -0.15) is 5.10 Å². The minimum Gasteiger partial charge on any atom is -0.543 e. The summed E-state index contributed by atoms with van der Waals surface area (Å²) >= 11 is 19.1. The number of carbonyl (C=O) groups is 1. The Kier molecular flexibility index (Phi) is 5.05. The van der Waals surface area contributed by atoms with E-state index in [1.165, 1.54) is 0 Å². The van der Waals surface area contributed by atoms with E-state index in [4.69, 9.17) is 34.8 Å². The monoisotopic (exact) mass is 362 g/mol. The van der Waals surface area contributed by atoms with Gasteiger partial charge in [-0.05, 0) is 19.1 Å². The van der Waals surface area contributed by atoms with E-state index in [0.717, 1.165) is 9.75 Å². The van der Waals surface area contributed by atoms with Crippen LogP contribution in [0, 0.1) is 6.92 Å². The number of nitrogens with one attached hydrogen (secondary N) is 1. The number of hydrogen-bond acceptors (Lipinski definition) is 6. The number of hydrazone groups is 1. The van der Waals surface area contributed by atoms with E-state index in [1.54, 1.807) is 17.6 Å². The van der Waals surface area contributed by atoms with Crippen molar-refractivity contribution in [1.29, 1.82) is 0 Å². The number of carbonyl (C=O) groups excluding carboxylic acids is 1. The maximum Gasteiger partial charge on any atom is 0.150 e. The number of carboxylic acids is 1. The third-order valence-corrected chi connectivity index (χ3v) is 4.40. The highest BCUT2D eigenvalue weighted by molar-refractivity contribution is 7.13. The second-order valence-corrected chi connectivity index (χ2v) is 6.29. The lowest BCUT2D eigenvalue weighted by Gasteiger charge is -2.11. The molecule has 0 spiro atoms. The molecule has 0 bridgehead atoms. The van der Waals surface area contributed by atoms with Gasteiger partial charge in [-0.25, -0.2) is 4.98 Å². The first-order valence-corrected chi connectivity index (χ1v) is 7.46. The van der Waals surface area contributed by atoms with Crippen LogP contribution in [0.1, 0.15) is 20.2 Å². The topological polar surface area (TPSA) is 77.4 Å². The maximum absolute atomic E-state index is 10.9. The van der Waals surface area contributed by atoms with Crippen LogP contribution in [0.15, 0.2) is 17.2 Å². The molecular weight excluding hydrogens is 357 g/mol. The Hall–Kier alpha value is -1.34. The molecule has 2 heterocycles. The van der Waals surface area contributed by atoms with Gasteiger partial charge >= 0.3 is 0 Å². The minimum atomic E-state index is -1.56. The number of aromatic nitrogens is 1. The molecule has 0 fully saturated rings. The van der Waals surface area contributed by atoms with E-state index < -0.39 is 11.7 Å². The molecule has 0 aliphatic heterocycles. The number of carboxylic acid groups (broad SMARTS) is 1.